The standard InChI is InChI=1S/C9H17NO5/c1-8(2)13-5-6(10)9(3-11,4-12)15-7(5)14-8/h5-7,11-12H,3-4,10H2,1-2H3/t5-,6+,7+/m1/s1. The van der Waals surface area contributed by atoms with Gasteiger partial charge in [0.1, 0.15) is 11.7 Å². The Hall–Kier alpha value is -0.240. The molecule has 2 fully saturated rings. The first kappa shape index (κ1) is 11.3. The van der Waals surface area contributed by atoms with Gasteiger partial charge in [-0.25, -0.2) is 0 Å². The largest absolute Gasteiger partial charge is 0.393 e. The maximum atomic E-state index is 9.20. The fourth-order valence-electron chi connectivity index (χ4n) is 2.04. The van der Waals surface area contributed by atoms with E-state index >= 15 is 0 Å². The molecular formula is C9H17NO5. The highest BCUT2D eigenvalue weighted by molar-refractivity contribution is 5.05. The van der Waals surface area contributed by atoms with Gasteiger partial charge in [-0.2, -0.15) is 0 Å². The fraction of sp³-hybridized carbons (Fsp3) is 1.00. The molecule has 0 saturated carbocycles. The van der Waals surface area contributed by atoms with Gasteiger partial charge in [-0.3, -0.25) is 0 Å². The van der Waals surface area contributed by atoms with Crippen LogP contribution in [-0.2, 0) is 14.2 Å². The van der Waals surface area contributed by atoms with E-state index < -0.39 is 29.8 Å². The first-order chi connectivity index (χ1) is 6.94. The molecule has 2 saturated heterocycles. The lowest BCUT2D eigenvalue weighted by atomic mass is 9.95. The van der Waals surface area contributed by atoms with E-state index in [0.29, 0.717) is 0 Å². The second-order valence-corrected chi connectivity index (χ2v) is 4.49. The topological polar surface area (TPSA) is 94.2 Å². The lowest BCUT2D eigenvalue weighted by Crippen LogP contribution is -2.55. The zero-order valence-electron chi connectivity index (χ0n) is 8.84. The third-order valence-electron chi connectivity index (χ3n) is 2.94. The molecule has 0 unspecified atom stereocenters. The SMILES string of the molecule is CC1(C)O[C@H]2OC(CO)(CO)[C@@H](N)[C@H]2O1. The summed E-state index contributed by atoms with van der Waals surface area (Å²) in [4.78, 5) is 0. The molecule has 0 radical (unpaired) electrons. The minimum Gasteiger partial charge on any atom is -0.393 e. The highest BCUT2D eigenvalue weighted by Crippen LogP contribution is 2.40. The summed E-state index contributed by atoms with van der Waals surface area (Å²) in [5.41, 5.74) is 4.73. The summed E-state index contributed by atoms with van der Waals surface area (Å²) in [5.74, 6) is -0.732. The van der Waals surface area contributed by atoms with Crippen molar-refractivity contribution < 1.29 is 24.4 Å². The van der Waals surface area contributed by atoms with Crippen LogP contribution in [0.1, 0.15) is 13.8 Å². The number of aliphatic hydroxyl groups excluding tert-OH is 2. The summed E-state index contributed by atoms with van der Waals surface area (Å²) >= 11 is 0. The van der Waals surface area contributed by atoms with Gasteiger partial charge in [0.05, 0.1) is 19.3 Å². The second kappa shape index (κ2) is 3.38. The zero-order valence-corrected chi connectivity index (χ0v) is 8.84. The first-order valence-corrected chi connectivity index (χ1v) is 4.95. The van der Waals surface area contributed by atoms with Crippen molar-refractivity contribution in [2.24, 2.45) is 5.73 Å². The molecule has 2 heterocycles. The van der Waals surface area contributed by atoms with Gasteiger partial charge < -0.3 is 30.2 Å². The quantitative estimate of drug-likeness (QED) is 0.526. The van der Waals surface area contributed by atoms with Gasteiger partial charge in [0.25, 0.3) is 0 Å². The summed E-state index contributed by atoms with van der Waals surface area (Å²) in [7, 11) is 0. The second-order valence-electron chi connectivity index (χ2n) is 4.49. The van der Waals surface area contributed by atoms with E-state index in [9.17, 15) is 10.2 Å². The summed E-state index contributed by atoms with van der Waals surface area (Å²) in [6, 6.07) is -0.598. The maximum absolute atomic E-state index is 9.20. The average molecular weight is 219 g/mol. The summed E-state index contributed by atoms with van der Waals surface area (Å²) in [6.07, 6.45) is -1.06. The predicted octanol–water partition coefficient (Wildman–Crippen LogP) is -1.46. The van der Waals surface area contributed by atoms with Crippen LogP contribution in [0.5, 0.6) is 0 Å². The van der Waals surface area contributed by atoms with E-state index in [0.717, 1.165) is 0 Å². The lowest BCUT2D eigenvalue weighted by molar-refractivity contribution is -0.239. The molecule has 2 aliphatic heterocycles. The Morgan fingerprint density at radius 2 is 1.73 bits per heavy atom. The molecule has 15 heavy (non-hydrogen) atoms. The molecule has 2 rings (SSSR count). The van der Waals surface area contributed by atoms with Crippen molar-refractivity contribution in [3.63, 3.8) is 0 Å². The highest BCUT2D eigenvalue weighted by atomic mass is 16.8. The van der Waals surface area contributed by atoms with Crippen LogP contribution in [0.4, 0.5) is 0 Å². The number of nitrogens with two attached hydrogens (primary N) is 1. The maximum Gasteiger partial charge on any atom is 0.189 e. The van der Waals surface area contributed by atoms with Crippen LogP contribution in [0.15, 0.2) is 0 Å². The third kappa shape index (κ3) is 1.57. The number of hydrogen-bond acceptors (Lipinski definition) is 6. The van der Waals surface area contributed by atoms with Crippen LogP contribution in [0.3, 0.4) is 0 Å². The van der Waals surface area contributed by atoms with Gasteiger partial charge in [-0.05, 0) is 13.8 Å². The Kier molecular flexibility index (Phi) is 2.53. The van der Waals surface area contributed by atoms with Crippen molar-refractivity contribution in [2.75, 3.05) is 13.2 Å². The Balaban J connectivity index is 2.17. The van der Waals surface area contributed by atoms with E-state index in [-0.39, 0.29) is 13.2 Å². The molecule has 6 nitrogen and oxygen atoms in total. The normalized spacial score (nSPS) is 41.8. The summed E-state index contributed by atoms with van der Waals surface area (Å²) in [6.45, 7) is 2.82. The van der Waals surface area contributed by atoms with E-state index in [1.54, 1.807) is 13.8 Å². The van der Waals surface area contributed by atoms with Gasteiger partial charge in [0.15, 0.2) is 12.1 Å². The number of rotatable bonds is 2. The van der Waals surface area contributed by atoms with E-state index in [2.05, 4.69) is 0 Å². The molecule has 0 spiro atoms. The number of aliphatic hydroxyl groups is 2. The van der Waals surface area contributed by atoms with Crippen molar-refractivity contribution in [1.29, 1.82) is 0 Å². The third-order valence-corrected chi connectivity index (χ3v) is 2.94. The van der Waals surface area contributed by atoms with Crippen LogP contribution in [0, 0.1) is 0 Å². The van der Waals surface area contributed by atoms with Crippen LogP contribution in [0.2, 0.25) is 0 Å². The summed E-state index contributed by atoms with van der Waals surface area (Å²) in [5, 5.41) is 18.4. The summed E-state index contributed by atoms with van der Waals surface area (Å²) < 4.78 is 16.5. The molecule has 0 aromatic heterocycles. The van der Waals surface area contributed by atoms with Crippen molar-refractivity contribution >= 4 is 0 Å². The number of hydrogen-bond donors (Lipinski definition) is 3. The van der Waals surface area contributed by atoms with Crippen LogP contribution in [-0.4, -0.2) is 53.3 Å². The van der Waals surface area contributed by atoms with Crippen molar-refractivity contribution in [3.05, 3.63) is 0 Å². The number of ether oxygens (including phenoxy) is 3. The lowest BCUT2D eigenvalue weighted by Gasteiger charge is -2.31. The molecule has 4 N–H and O–H groups in total. The predicted molar refractivity (Wildman–Crippen MR) is 49.8 cm³/mol. The molecule has 3 atom stereocenters. The van der Waals surface area contributed by atoms with Crippen LogP contribution in [0.25, 0.3) is 0 Å². The Morgan fingerprint density at radius 3 is 2.20 bits per heavy atom. The molecule has 88 valence electrons. The van der Waals surface area contributed by atoms with Gasteiger partial charge >= 0.3 is 0 Å². The van der Waals surface area contributed by atoms with Gasteiger partial charge in [-0.15, -0.1) is 0 Å². The van der Waals surface area contributed by atoms with Crippen LogP contribution >= 0.6 is 0 Å². The Morgan fingerprint density at radius 1 is 1.13 bits per heavy atom. The smallest absolute Gasteiger partial charge is 0.189 e. The molecule has 6 heteroatoms. The minimum atomic E-state index is -1.16. The average Bonchev–Trinajstić information content (AvgIpc) is 2.59. The fourth-order valence-corrected chi connectivity index (χ4v) is 2.04. The van der Waals surface area contributed by atoms with E-state index in [1.165, 1.54) is 0 Å². The molecule has 0 aromatic rings. The molecular weight excluding hydrogens is 202 g/mol. The van der Waals surface area contributed by atoms with Gasteiger partial charge in [-0.1, -0.05) is 0 Å². The molecule has 0 aliphatic carbocycles. The van der Waals surface area contributed by atoms with E-state index in [1.807, 2.05) is 0 Å². The molecule has 0 bridgehead atoms. The van der Waals surface area contributed by atoms with Gasteiger partial charge in [0.2, 0.25) is 0 Å². The van der Waals surface area contributed by atoms with Gasteiger partial charge in [0, 0.05) is 0 Å². The monoisotopic (exact) mass is 219 g/mol. The Labute approximate surface area is 87.9 Å². The van der Waals surface area contributed by atoms with Crippen molar-refractivity contribution in [3.8, 4) is 0 Å². The Bertz CT molecular complexity index is 253. The van der Waals surface area contributed by atoms with Crippen LogP contribution < -0.4 is 5.73 Å². The molecule has 0 amide bonds. The van der Waals surface area contributed by atoms with Crippen molar-refractivity contribution in [2.45, 2.75) is 43.7 Å². The minimum absolute atomic E-state index is 0.356. The van der Waals surface area contributed by atoms with E-state index in [4.69, 9.17) is 19.9 Å². The highest BCUT2D eigenvalue weighted by Gasteiger charge is 2.60. The molecule has 0 aromatic carbocycles. The molecule has 2 aliphatic rings. The van der Waals surface area contributed by atoms with Crippen molar-refractivity contribution in [1.82, 2.24) is 0 Å². The first-order valence-electron chi connectivity index (χ1n) is 4.95. The number of fused-ring (bicyclic) bond motifs is 1. The zero-order chi connectivity index (χ0) is 11.3.